The van der Waals surface area contributed by atoms with Crippen molar-refractivity contribution in [2.45, 2.75) is 0 Å². The van der Waals surface area contributed by atoms with E-state index in [1.165, 1.54) is 7.11 Å². The molecule has 3 aromatic carbocycles. The zero-order chi connectivity index (χ0) is 19.9. The minimum atomic E-state index is -0.360. The molecule has 3 rings (SSSR count). The fraction of sp³-hybridized carbons (Fsp3) is 0.0909. The quantitative estimate of drug-likeness (QED) is 0.676. The molecule has 2 amide bonds. The van der Waals surface area contributed by atoms with Crippen LogP contribution in [0.4, 0.5) is 11.4 Å². The molecule has 0 aliphatic heterocycles. The Morgan fingerprint density at radius 2 is 1.39 bits per heavy atom. The number of methoxy groups -OCH3 is 2. The van der Waals surface area contributed by atoms with Crippen molar-refractivity contribution in [3.05, 3.63) is 83.9 Å². The smallest absolute Gasteiger partial charge is 0.255 e. The molecule has 0 saturated heterocycles. The second-order valence-corrected chi connectivity index (χ2v) is 5.92. The summed E-state index contributed by atoms with van der Waals surface area (Å²) in [5, 5.41) is 5.59. The van der Waals surface area contributed by atoms with E-state index in [9.17, 15) is 9.59 Å². The van der Waals surface area contributed by atoms with Crippen molar-refractivity contribution in [1.29, 1.82) is 0 Å². The number of nitrogens with one attached hydrogen (secondary N) is 2. The topological polar surface area (TPSA) is 76.7 Å². The maximum absolute atomic E-state index is 12.7. The Morgan fingerprint density at radius 3 is 2.04 bits per heavy atom. The highest BCUT2D eigenvalue weighted by Gasteiger charge is 2.13. The van der Waals surface area contributed by atoms with Gasteiger partial charge in [0, 0.05) is 22.9 Å². The lowest BCUT2D eigenvalue weighted by atomic mass is 10.1. The van der Waals surface area contributed by atoms with Crippen LogP contribution in [0, 0.1) is 0 Å². The molecule has 2 N–H and O–H groups in total. The second kappa shape index (κ2) is 8.73. The van der Waals surface area contributed by atoms with E-state index in [1.807, 2.05) is 18.2 Å². The van der Waals surface area contributed by atoms with Gasteiger partial charge in [0.2, 0.25) is 0 Å². The van der Waals surface area contributed by atoms with Gasteiger partial charge in [0.15, 0.2) is 0 Å². The molecule has 0 aliphatic rings. The summed E-state index contributed by atoms with van der Waals surface area (Å²) in [4.78, 5) is 25.1. The van der Waals surface area contributed by atoms with E-state index in [4.69, 9.17) is 9.47 Å². The van der Waals surface area contributed by atoms with Gasteiger partial charge in [0.05, 0.1) is 19.9 Å². The summed E-state index contributed by atoms with van der Waals surface area (Å²) < 4.78 is 10.5. The molecule has 0 aromatic heterocycles. The molecule has 0 spiro atoms. The Bertz CT molecular complexity index is 987. The Kier molecular flexibility index (Phi) is 5.91. The summed E-state index contributed by atoms with van der Waals surface area (Å²) in [5.41, 5.74) is 1.90. The first kappa shape index (κ1) is 19.0. The molecular formula is C22H20N2O4. The predicted octanol–water partition coefficient (Wildman–Crippen LogP) is 4.21. The van der Waals surface area contributed by atoms with Crippen LogP contribution in [0.1, 0.15) is 20.7 Å². The van der Waals surface area contributed by atoms with Crippen LogP contribution in [0.2, 0.25) is 0 Å². The van der Waals surface area contributed by atoms with Crippen molar-refractivity contribution < 1.29 is 19.1 Å². The summed E-state index contributed by atoms with van der Waals surface area (Å²) in [7, 11) is 3.06. The average Bonchev–Trinajstić information content (AvgIpc) is 2.74. The van der Waals surface area contributed by atoms with E-state index >= 15 is 0 Å². The van der Waals surface area contributed by atoms with Crippen molar-refractivity contribution in [3.63, 3.8) is 0 Å². The number of para-hydroxylation sites is 1. The van der Waals surface area contributed by atoms with Crippen molar-refractivity contribution in [2.75, 3.05) is 24.9 Å². The van der Waals surface area contributed by atoms with Gasteiger partial charge in [-0.2, -0.15) is 0 Å². The third-order valence-electron chi connectivity index (χ3n) is 4.07. The SMILES string of the molecule is COc1ccc(OC)c(NC(=O)c2cccc(C(=O)Nc3ccccc3)c2)c1. The predicted molar refractivity (Wildman–Crippen MR) is 108 cm³/mol. The van der Waals surface area contributed by atoms with Crippen molar-refractivity contribution in [2.24, 2.45) is 0 Å². The molecular weight excluding hydrogens is 356 g/mol. The lowest BCUT2D eigenvalue weighted by molar-refractivity contribution is 0.102. The number of benzene rings is 3. The molecule has 3 aromatic rings. The van der Waals surface area contributed by atoms with E-state index in [0.29, 0.717) is 34.0 Å². The van der Waals surface area contributed by atoms with Crippen molar-refractivity contribution in [3.8, 4) is 11.5 Å². The van der Waals surface area contributed by atoms with E-state index in [1.54, 1.807) is 61.7 Å². The minimum Gasteiger partial charge on any atom is -0.497 e. The van der Waals surface area contributed by atoms with Crippen LogP contribution < -0.4 is 20.1 Å². The molecule has 0 radical (unpaired) electrons. The van der Waals surface area contributed by atoms with Crippen LogP contribution in [0.5, 0.6) is 11.5 Å². The largest absolute Gasteiger partial charge is 0.497 e. The second-order valence-electron chi connectivity index (χ2n) is 5.92. The highest BCUT2D eigenvalue weighted by atomic mass is 16.5. The minimum absolute atomic E-state index is 0.292. The number of amides is 2. The van der Waals surface area contributed by atoms with Gasteiger partial charge in [-0.25, -0.2) is 0 Å². The first-order valence-corrected chi connectivity index (χ1v) is 8.60. The van der Waals surface area contributed by atoms with Crippen LogP contribution >= 0.6 is 0 Å². The van der Waals surface area contributed by atoms with Gasteiger partial charge < -0.3 is 20.1 Å². The Hall–Kier alpha value is -3.80. The standard InChI is InChI=1S/C22H20N2O4/c1-27-18-11-12-20(28-2)19(14-18)24-22(26)16-8-6-7-15(13-16)21(25)23-17-9-4-3-5-10-17/h3-14H,1-2H3,(H,23,25)(H,24,26). The molecule has 0 saturated carbocycles. The van der Waals surface area contributed by atoms with E-state index in [-0.39, 0.29) is 11.8 Å². The molecule has 6 nitrogen and oxygen atoms in total. The highest BCUT2D eigenvalue weighted by Crippen LogP contribution is 2.29. The van der Waals surface area contributed by atoms with Gasteiger partial charge in [-0.15, -0.1) is 0 Å². The zero-order valence-electron chi connectivity index (χ0n) is 15.6. The van der Waals surface area contributed by atoms with Gasteiger partial charge >= 0.3 is 0 Å². The van der Waals surface area contributed by atoms with E-state index in [2.05, 4.69) is 10.6 Å². The zero-order valence-corrected chi connectivity index (χ0v) is 15.6. The maximum atomic E-state index is 12.7. The van der Waals surface area contributed by atoms with Crippen molar-refractivity contribution >= 4 is 23.2 Å². The monoisotopic (exact) mass is 376 g/mol. The lowest BCUT2D eigenvalue weighted by Crippen LogP contribution is -2.16. The summed E-state index contributed by atoms with van der Waals surface area (Å²) in [6.07, 6.45) is 0. The number of ether oxygens (including phenoxy) is 2. The highest BCUT2D eigenvalue weighted by molar-refractivity contribution is 6.09. The average molecular weight is 376 g/mol. The van der Waals surface area contributed by atoms with Crippen molar-refractivity contribution in [1.82, 2.24) is 0 Å². The Morgan fingerprint density at radius 1 is 0.714 bits per heavy atom. The Labute approximate surface area is 163 Å². The molecule has 0 atom stereocenters. The molecule has 0 unspecified atom stereocenters. The lowest BCUT2D eigenvalue weighted by Gasteiger charge is -2.12. The molecule has 0 bridgehead atoms. The van der Waals surface area contributed by atoms with E-state index in [0.717, 1.165) is 0 Å². The molecule has 6 heteroatoms. The van der Waals surface area contributed by atoms with Crippen LogP contribution in [0.15, 0.2) is 72.8 Å². The number of hydrogen-bond donors (Lipinski definition) is 2. The van der Waals surface area contributed by atoms with Crippen LogP contribution in [0.25, 0.3) is 0 Å². The first-order chi connectivity index (χ1) is 13.6. The molecule has 142 valence electrons. The summed E-state index contributed by atoms with van der Waals surface area (Å²) in [6.45, 7) is 0. The number of rotatable bonds is 6. The van der Waals surface area contributed by atoms with Crippen LogP contribution in [0.3, 0.4) is 0 Å². The number of hydrogen-bond acceptors (Lipinski definition) is 4. The fourth-order valence-electron chi connectivity index (χ4n) is 2.63. The molecule has 0 heterocycles. The number of carbonyl (C=O) groups is 2. The Balaban J connectivity index is 1.78. The third kappa shape index (κ3) is 4.48. The van der Waals surface area contributed by atoms with Gasteiger partial charge in [0.25, 0.3) is 11.8 Å². The summed E-state index contributed by atoms with van der Waals surface area (Å²) >= 11 is 0. The van der Waals surface area contributed by atoms with Gasteiger partial charge in [-0.3, -0.25) is 9.59 Å². The summed E-state index contributed by atoms with van der Waals surface area (Å²) in [6, 6.07) is 20.7. The number of carbonyl (C=O) groups excluding carboxylic acids is 2. The van der Waals surface area contributed by atoms with Gasteiger partial charge in [0.1, 0.15) is 11.5 Å². The number of anilines is 2. The third-order valence-corrected chi connectivity index (χ3v) is 4.07. The van der Waals surface area contributed by atoms with E-state index < -0.39 is 0 Å². The molecule has 0 fully saturated rings. The van der Waals surface area contributed by atoms with Gasteiger partial charge in [-0.1, -0.05) is 24.3 Å². The first-order valence-electron chi connectivity index (χ1n) is 8.60. The fourth-order valence-corrected chi connectivity index (χ4v) is 2.63. The van der Waals surface area contributed by atoms with Crippen LogP contribution in [-0.2, 0) is 0 Å². The summed E-state index contributed by atoms with van der Waals surface area (Å²) in [5.74, 6) is 0.444. The molecule has 28 heavy (non-hydrogen) atoms. The van der Waals surface area contributed by atoms with Crippen LogP contribution in [-0.4, -0.2) is 26.0 Å². The van der Waals surface area contributed by atoms with Gasteiger partial charge in [-0.05, 0) is 42.5 Å². The molecule has 0 aliphatic carbocycles. The maximum Gasteiger partial charge on any atom is 0.255 e. The normalized spacial score (nSPS) is 10.1.